The van der Waals surface area contributed by atoms with Crippen LogP contribution in [-0.2, 0) is 0 Å². The van der Waals surface area contributed by atoms with Gasteiger partial charge in [0.1, 0.15) is 5.82 Å². The fraction of sp³-hybridized carbons (Fsp3) is 0.250. The minimum Gasteiger partial charge on any atom is -0.304 e. The summed E-state index contributed by atoms with van der Waals surface area (Å²) >= 11 is 0. The SMILES string of the molecule is CC(NC(C)c1ccccc1F)c1ccc([N+](=O)[O-])cc1. The Morgan fingerprint density at radius 2 is 1.67 bits per heavy atom. The van der Waals surface area contributed by atoms with Crippen molar-refractivity contribution in [1.29, 1.82) is 0 Å². The molecule has 2 aromatic rings. The topological polar surface area (TPSA) is 55.2 Å². The van der Waals surface area contributed by atoms with E-state index >= 15 is 0 Å². The quantitative estimate of drug-likeness (QED) is 0.664. The highest BCUT2D eigenvalue weighted by atomic mass is 19.1. The lowest BCUT2D eigenvalue weighted by Gasteiger charge is -2.21. The average molecular weight is 288 g/mol. The molecule has 21 heavy (non-hydrogen) atoms. The third-order valence-corrected chi connectivity index (χ3v) is 3.48. The minimum absolute atomic E-state index is 0.0413. The molecule has 0 heterocycles. The molecule has 5 heteroatoms. The lowest BCUT2D eigenvalue weighted by Crippen LogP contribution is -2.23. The Labute approximate surface area is 122 Å². The normalized spacial score (nSPS) is 13.7. The van der Waals surface area contributed by atoms with Crippen molar-refractivity contribution in [2.45, 2.75) is 25.9 Å². The van der Waals surface area contributed by atoms with Gasteiger partial charge in [-0.2, -0.15) is 0 Å². The number of non-ortho nitro benzene ring substituents is 1. The Morgan fingerprint density at radius 1 is 1.05 bits per heavy atom. The second kappa shape index (κ2) is 6.45. The highest BCUT2D eigenvalue weighted by molar-refractivity contribution is 5.34. The van der Waals surface area contributed by atoms with Crippen LogP contribution < -0.4 is 5.32 Å². The summed E-state index contributed by atoms with van der Waals surface area (Å²) in [6, 6.07) is 12.8. The summed E-state index contributed by atoms with van der Waals surface area (Å²) in [5.41, 5.74) is 1.59. The molecule has 0 spiro atoms. The van der Waals surface area contributed by atoms with Crippen LogP contribution in [0.4, 0.5) is 10.1 Å². The summed E-state index contributed by atoms with van der Waals surface area (Å²) in [6.07, 6.45) is 0. The molecule has 0 fully saturated rings. The average Bonchev–Trinajstić information content (AvgIpc) is 2.47. The third-order valence-electron chi connectivity index (χ3n) is 3.48. The molecule has 0 aliphatic heterocycles. The van der Waals surface area contributed by atoms with Crippen LogP contribution in [0.3, 0.4) is 0 Å². The molecule has 2 rings (SSSR count). The van der Waals surface area contributed by atoms with Gasteiger partial charge in [0.15, 0.2) is 0 Å². The van der Waals surface area contributed by atoms with Crippen LogP contribution in [0.2, 0.25) is 0 Å². The van der Waals surface area contributed by atoms with Crippen molar-refractivity contribution in [2.75, 3.05) is 0 Å². The van der Waals surface area contributed by atoms with Crippen LogP contribution in [0, 0.1) is 15.9 Å². The van der Waals surface area contributed by atoms with E-state index in [2.05, 4.69) is 5.32 Å². The predicted octanol–water partition coefficient (Wildman–Crippen LogP) is 4.15. The molecule has 2 unspecified atom stereocenters. The Bertz CT molecular complexity index is 628. The van der Waals surface area contributed by atoms with Gasteiger partial charge in [-0.25, -0.2) is 4.39 Å². The maximum absolute atomic E-state index is 13.7. The van der Waals surface area contributed by atoms with Crippen molar-refractivity contribution in [1.82, 2.24) is 5.32 Å². The first-order chi connectivity index (χ1) is 9.99. The van der Waals surface area contributed by atoms with E-state index in [1.807, 2.05) is 13.8 Å². The van der Waals surface area contributed by atoms with E-state index in [-0.39, 0.29) is 23.6 Å². The van der Waals surface area contributed by atoms with Crippen molar-refractivity contribution in [3.05, 3.63) is 75.6 Å². The number of benzene rings is 2. The molecular weight excluding hydrogens is 271 g/mol. The smallest absolute Gasteiger partial charge is 0.269 e. The number of nitrogens with zero attached hydrogens (tertiary/aromatic N) is 1. The molecule has 1 N–H and O–H groups in total. The Kier molecular flexibility index (Phi) is 4.65. The molecule has 2 atom stereocenters. The number of nitrogens with one attached hydrogen (secondary N) is 1. The van der Waals surface area contributed by atoms with Crippen LogP contribution in [0.1, 0.15) is 37.1 Å². The Balaban J connectivity index is 2.09. The van der Waals surface area contributed by atoms with Gasteiger partial charge < -0.3 is 5.32 Å². The summed E-state index contributed by atoms with van der Waals surface area (Å²) in [6.45, 7) is 3.83. The van der Waals surface area contributed by atoms with E-state index in [9.17, 15) is 14.5 Å². The maximum atomic E-state index is 13.7. The van der Waals surface area contributed by atoms with E-state index in [0.717, 1.165) is 5.56 Å². The van der Waals surface area contributed by atoms with Gasteiger partial charge in [-0.3, -0.25) is 10.1 Å². The number of halogens is 1. The molecule has 0 saturated carbocycles. The van der Waals surface area contributed by atoms with Crippen LogP contribution in [-0.4, -0.2) is 4.92 Å². The van der Waals surface area contributed by atoms with Gasteiger partial charge in [-0.05, 0) is 25.5 Å². The van der Waals surface area contributed by atoms with Gasteiger partial charge in [0.05, 0.1) is 4.92 Å². The van der Waals surface area contributed by atoms with E-state index in [1.54, 1.807) is 30.3 Å². The van der Waals surface area contributed by atoms with Gasteiger partial charge in [0, 0.05) is 29.8 Å². The highest BCUT2D eigenvalue weighted by Gasteiger charge is 2.14. The van der Waals surface area contributed by atoms with E-state index in [0.29, 0.717) is 5.56 Å². The van der Waals surface area contributed by atoms with Gasteiger partial charge in [0.25, 0.3) is 5.69 Å². The largest absolute Gasteiger partial charge is 0.304 e. The number of hydrogen-bond donors (Lipinski definition) is 1. The Hall–Kier alpha value is -2.27. The first-order valence-electron chi connectivity index (χ1n) is 6.74. The van der Waals surface area contributed by atoms with Gasteiger partial charge in [-0.15, -0.1) is 0 Å². The van der Waals surface area contributed by atoms with Gasteiger partial charge >= 0.3 is 0 Å². The highest BCUT2D eigenvalue weighted by Crippen LogP contribution is 2.22. The molecule has 0 aliphatic rings. The Morgan fingerprint density at radius 3 is 2.24 bits per heavy atom. The molecule has 4 nitrogen and oxygen atoms in total. The number of hydrogen-bond acceptors (Lipinski definition) is 3. The molecule has 0 aromatic heterocycles. The predicted molar refractivity (Wildman–Crippen MR) is 79.5 cm³/mol. The van der Waals surface area contributed by atoms with Gasteiger partial charge in [-0.1, -0.05) is 30.3 Å². The van der Waals surface area contributed by atoms with Crippen LogP contribution >= 0.6 is 0 Å². The molecule has 0 amide bonds. The zero-order valence-corrected chi connectivity index (χ0v) is 11.9. The van der Waals surface area contributed by atoms with E-state index in [1.165, 1.54) is 18.2 Å². The maximum Gasteiger partial charge on any atom is 0.269 e. The fourth-order valence-electron chi connectivity index (χ4n) is 2.27. The van der Waals surface area contributed by atoms with Crippen molar-refractivity contribution < 1.29 is 9.31 Å². The molecule has 110 valence electrons. The number of nitro groups is 1. The molecule has 2 aromatic carbocycles. The van der Waals surface area contributed by atoms with E-state index < -0.39 is 4.92 Å². The van der Waals surface area contributed by atoms with Crippen molar-refractivity contribution >= 4 is 5.69 Å². The monoisotopic (exact) mass is 288 g/mol. The summed E-state index contributed by atoms with van der Waals surface area (Å²) < 4.78 is 13.7. The van der Waals surface area contributed by atoms with Crippen LogP contribution in [0.25, 0.3) is 0 Å². The van der Waals surface area contributed by atoms with Crippen molar-refractivity contribution in [2.24, 2.45) is 0 Å². The van der Waals surface area contributed by atoms with Crippen molar-refractivity contribution in [3.8, 4) is 0 Å². The zero-order valence-electron chi connectivity index (χ0n) is 11.9. The second-order valence-electron chi connectivity index (χ2n) is 4.98. The van der Waals surface area contributed by atoms with Crippen LogP contribution in [0.5, 0.6) is 0 Å². The zero-order chi connectivity index (χ0) is 15.4. The lowest BCUT2D eigenvalue weighted by molar-refractivity contribution is -0.384. The minimum atomic E-state index is -0.427. The molecule has 0 radical (unpaired) electrons. The molecule has 0 saturated heterocycles. The third kappa shape index (κ3) is 3.64. The standard InChI is InChI=1S/C16H17FN2O2/c1-11(13-7-9-14(10-8-13)19(20)21)18-12(2)15-5-3-4-6-16(15)17/h3-12,18H,1-2H3. The number of nitro benzene ring substituents is 1. The first-order valence-corrected chi connectivity index (χ1v) is 6.74. The van der Waals surface area contributed by atoms with Crippen LogP contribution in [0.15, 0.2) is 48.5 Å². The molecule has 0 bridgehead atoms. The summed E-state index contributed by atoms with van der Waals surface area (Å²) in [4.78, 5) is 10.2. The summed E-state index contributed by atoms with van der Waals surface area (Å²) in [5, 5.41) is 13.9. The van der Waals surface area contributed by atoms with Crippen molar-refractivity contribution in [3.63, 3.8) is 0 Å². The lowest BCUT2D eigenvalue weighted by atomic mass is 10.0. The number of rotatable bonds is 5. The summed E-state index contributed by atoms with van der Waals surface area (Å²) in [5.74, 6) is -0.242. The summed E-state index contributed by atoms with van der Waals surface area (Å²) in [7, 11) is 0. The van der Waals surface area contributed by atoms with Gasteiger partial charge in [0.2, 0.25) is 0 Å². The van der Waals surface area contributed by atoms with E-state index in [4.69, 9.17) is 0 Å². The fourth-order valence-corrected chi connectivity index (χ4v) is 2.27. The second-order valence-corrected chi connectivity index (χ2v) is 4.98. The molecule has 0 aliphatic carbocycles. The molecular formula is C16H17FN2O2. The first kappa shape index (κ1) is 15.1.